The second kappa shape index (κ2) is 12.5. The van der Waals surface area contributed by atoms with Crippen LogP contribution < -0.4 is 0 Å². The maximum Gasteiger partial charge on any atom is 0.460 e. The van der Waals surface area contributed by atoms with Crippen LogP contribution >= 0.6 is 0 Å². The summed E-state index contributed by atoms with van der Waals surface area (Å²) in [5.74, 6) is -148. The van der Waals surface area contributed by atoms with E-state index in [1.807, 2.05) is 0 Å². The summed E-state index contributed by atoms with van der Waals surface area (Å²) in [7, 11) is 0. The number of hydrogen-bond donors (Lipinski definition) is 0. The number of alkyl halides is 37. The number of halogens is 37. The standard InChI is InChI=1S/C18HF37/c19-1(3(22,23)24)2(20,21)4(25,26)5(27,28)6(29,30)7(31,32)8(33,34)9(35,36)10(37,38)11(39,40)12(41,42)13(43,44)14(45,46)15(47,48)16(49,50)17(51,52)18(53,54)55/h1H. The molecule has 0 saturated carbocycles. The zero-order valence-corrected chi connectivity index (χ0v) is 23.1. The van der Waals surface area contributed by atoms with Crippen molar-refractivity contribution in [2.75, 3.05) is 0 Å². The minimum atomic E-state index is -10.4. The Morgan fingerprint density at radius 1 is 0.182 bits per heavy atom. The van der Waals surface area contributed by atoms with E-state index in [0.29, 0.717) is 0 Å². The molecule has 0 spiro atoms. The summed E-state index contributed by atoms with van der Waals surface area (Å²) in [5.41, 5.74) is 0. The van der Waals surface area contributed by atoms with E-state index in [1.165, 1.54) is 0 Å². The topological polar surface area (TPSA) is 0 Å². The second-order valence-electron chi connectivity index (χ2n) is 10.1. The Labute approximate surface area is 271 Å². The summed E-state index contributed by atoms with van der Waals surface area (Å²) in [6.07, 6.45) is -23.2. The van der Waals surface area contributed by atoms with Crippen LogP contribution in [0.25, 0.3) is 0 Å². The average molecular weight is 920 g/mol. The third kappa shape index (κ3) is 6.02. The van der Waals surface area contributed by atoms with E-state index in [0.717, 1.165) is 0 Å². The highest BCUT2D eigenvalue weighted by molar-refractivity contribution is 5.22. The largest absolute Gasteiger partial charge is 0.460 e. The SMILES string of the molecule is FC(C(F)(F)F)C(F)(F)C(F)(F)C(F)(F)C(F)(F)C(F)(F)C(F)(F)C(F)(F)C(F)(F)C(F)(F)C(F)(F)C(F)(F)C(F)(F)C(F)(F)C(F)(F)C(F)(F)C(F)(F)F. The molecule has 0 nitrogen and oxygen atoms in total. The lowest BCUT2D eigenvalue weighted by Crippen LogP contribution is -2.80. The molecule has 0 N–H and O–H groups in total. The highest BCUT2D eigenvalue weighted by Crippen LogP contribution is 2.70. The first-order valence-corrected chi connectivity index (χ1v) is 11.3. The summed E-state index contributed by atoms with van der Waals surface area (Å²) in [6, 6.07) is 0. The van der Waals surface area contributed by atoms with E-state index >= 15 is 0 Å². The third-order valence-corrected chi connectivity index (χ3v) is 6.51. The second-order valence-corrected chi connectivity index (χ2v) is 10.1. The highest BCUT2D eigenvalue weighted by Gasteiger charge is 3.02. The molecule has 0 rings (SSSR count). The monoisotopic (exact) mass is 920 g/mol. The maximum absolute atomic E-state index is 13.8. The van der Waals surface area contributed by atoms with Gasteiger partial charge in [0.05, 0.1) is 0 Å². The fraction of sp³-hybridized carbons (Fsp3) is 1.00. The van der Waals surface area contributed by atoms with E-state index in [9.17, 15) is 162 Å². The van der Waals surface area contributed by atoms with Gasteiger partial charge in [-0.05, 0) is 0 Å². The van der Waals surface area contributed by atoms with Gasteiger partial charge in [-0.3, -0.25) is 0 Å². The molecular weight excluding hydrogens is 919 g/mol. The van der Waals surface area contributed by atoms with Gasteiger partial charge in [0.25, 0.3) is 6.17 Å². The van der Waals surface area contributed by atoms with Crippen molar-refractivity contribution in [3.8, 4) is 0 Å². The van der Waals surface area contributed by atoms with Gasteiger partial charge in [-0.2, -0.15) is 158 Å². The summed E-state index contributed by atoms with van der Waals surface area (Å²) in [4.78, 5) is 0. The van der Waals surface area contributed by atoms with Crippen molar-refractivity contribution in [2.24, 2.45) is 0 Å². The minimum Gasteiger partial charge on any atom is -0.230 e. The Hall–Kier alpha value is -2.59. The Kier molecular flexibility index (Phi) is 11.9. The van der Waals surface area contributed by atoms with Crippen LogP contribution in [-0.2, 0) is 0 Å². The molecule has 0 aliphatic heterocycles. The van der Waals surface area contributed by atoms with Gasteiger partial charge in [-0.15, -0.1) is 0 Å². The van der Waals surface area contributed by atoms with Crippen LogP contribution in [0.1, 0.15) is 0 Å². The fourth-order valence-electron chi connectivity index (χ4n) is 3.12. The van der Waals surface area contributed by atoms with Crippen LogP contribution in [-0.4, -0.2) is 107 Å². The van der Waals surface area contributed by atoms with Gasteiger partial charge >= 0.3 is 101 Å². The van der Waals surface area contributed by atoms with Gasteiger partial charge < -0.3 is 0 Å². The zero-order valence-electron chi connectivity index (χ0n) is 23.1. The quantitative estimate of drug-likeness (QED) is 0.144. The molecule has 0 fully saturated rings. The molecule has 0 aromatic rings. The highest BCUT2D eigenvalue weighted by atomic mass is 19.4. The van der Waals surface area contributed by atoms with Gasteiger partial charge in [0.15, 0.2) is 0 Å². The van der Waals surface area contributed by atoms with Crippen molar-refractivity contribution in [1.82, 2.24) is 0 Å². The molecule has 332 valence electrons. The van der Waals surface area contributed by atoms with Crippen molar-refractivity contribution in [3.05, 3.63) is 0 Å². The van der Waals surface area contributed by atoms with E-state index in [1.54, 1.807) is 0 Å². The summed E-state index contributed by atoms with van der Waals surface area (Å²) < 4.78 is 490. The van der Waals surface area contributed by atoms with Crippen LogP contribution in [0.2, 0.25) is 0 Å². The maximum atomic E-state index is 13.8. The molecule has 0 aromatic heterocycles. The molecule has 0 aliphatic rings. The average Bonchev–Trinajstić information content (AvgIpc) is 2.93. The van der Waals surface area contributed by atoms with Gasteiger partial charge in [0, 0.05) is 0 Å². The lowest BCUT2D eigenvalue weighted by atomic mass is 9.82. The van der Waals surface area contributed by atoms with E-state index in [2.05, 4.69) is 0 Å². The molecule has 0 saturated heterocycles. The van der Waals surface area contributed by atoms with Gasteiger partial charge in [-0.1, -0.05) is 0 Å². The molecule has 1 atom stereocenters. The van der Waals surface area contributed by atoms with Crippen LogP contribution in [0.3, 0.4) is 0 Å². The van der Waals surface area contributed by atoms with Crippen molar-refractivity contribution in [2.45, 2.75) is 107 Å². The van der Waals surface area contributed by atoms with Crippen molar-refractivity contribution >= 4 is 0 Å². The Morgan fingerprint density at radius 2 is 0.309 bits per heavy atom. The predicted octanol–water partition coefficient (Wildman–Crippen LogP) is 12.0. The molecule has 0 aliphatic carbocycles. The first-order chi connectivity index (χ1) is 22.9. The van der Waals surface area contributed by atoms with E-state index in [-0.39, 0.29) is 0 Å². The van der Waals surface area contributed by atoms with Crippen LogP contribution in [0.4, 0.5) is 162 Å². The summed E-state index contributed by atoms with van der Waals surface area (Å²) in [6.45, 7) is 0. The summed E-state index contributed by atoms with van der Waals surface area (Å²) in [5, 5.41) is 0. The van der Waals surface area contributed by atoms with Crippen molar-refractivity contribution < 1.29 is 162 Å². The predicted molar refractivity (Wildman–Crippen MR) is 91.2 cm³/mol. The van der Waals surface area contributed by atoms with Gasteiger partial charge in [-0.25, -0.2) is 4.39 Å². The van der Waals surface area contributed by atoms with Gasteiger partial charge in [0.2, 0.25) is 0 Å². The van der Waals surface area contributed by atoms with Crippen LogP contribution in [0.15, 0.2) is 0 Å². The van der Waals surface area contributed by atoms with E-state index < -0.39 is 107 Å². The molecule has 0 bridgehead atoms. The Morgan fingerprint density at radius 3 is 0.436 bits per heavy atom. The zero-order chi connectivity index (χ0) is 46.1. The van der Waals surface area contributed by atoms with Gasteiger partial charge in [0.1, 0.15) is 0 Å². The normalized spacial score (nSPS) is 17.8. The molecule has 0 radical (unpaired) electrons. The molecule has 37 heteroatoms. The first kappa shape index (κ1) is 52.4. The minimum absolute atomic E-state index is 7.05. The Bertz CT molecular complexity index is 1380. The lowest BCUT2D eigenvalue weighted by molar-refractivity contribution is -0.491. The van der Waals surface area contributed by atoms with Crippen LogP contribution in [0, 0.1) is 0 Å². The smallest absolute Gasteiger partial charge is 0.230 e. The first-order valence-electron chi connectivity index (χ1n) is 11.3. The fourth-order valence-corrected chi connectivity index (χ4v) is 3.12. The lowest BCUT2D eigenvalue weighted by Gasteiger charge is -2.47. The number of rotatable bonds is 15. The van der Waals surface area contributed by atoms with Crippen molar-refractivity contribution in [3.63, 3.8) is 0 Å². The summed E-state index contributed by atoms with van der Waals surface area (Å²) >= 11 is 0. The molecular formula is C18HF37. The molecule has 0 amide bonds. The van der Waals surface area contributed by atoms with E-state index in [4.69, 9.17) is 0 Å². The van der Waals surface area contributed by atoms with Crippen LogP contribution in [0.5, 0.6) is 0 Å². The third-order valence-electron chi connectivity index (χ3n) is 6.51. The van der Waals surface area contributed by atoms with Crippen molar-refractivity contribution in [1.29, 1.82) is 0 Å². The Balaban J connectivity index is 7.79. The molecule has 0 heterocycles. The number of hydrogen-bond acceptors (Lipinski definition) is 0. The molecule has 1 unspecified atom stereocenters. The molecule has 0 aromatic carbocycles. The molecule has 55 heavy (non-hydrogen) atoms.